The first-order valence-electron chi connectivity index (χ1n) is 7.07. The molecule has 4 rings (SSSR count). The summed E-state index contributed by atoms with van der Waals surface area (Å²) in [5, 5.41) is 23.3. The maximum absolute atomic E-state index is 12.7. The second-order valence-electron chi connectivity index (χ2n) is 5.66. The molecule has 3 aliphatic rings. The van der Waals surface area contributed by atoms with Crippen LogP contribution in [0.2, 0.25) is 0 Å². The summed E-state index contributed by atoms with van der Waals surface area (Å²) in [5.74, 6) is -1.27. The van der Waals surface area contributed by atoms with Crippen LogP contribution in [0.4, 0.5) is 5.69 Å². The van der Waals surface area contributed by atoms with Crippen LogP contribution in [0.15, 0.2) is 52.6 Å². The fourth-order valence-corrected chi connectivity index (χ4v) is 4.70. The zero-order valence-corrected chi connectivity index (χ0v) is 13.0. The van der Waals surface area contributed by atoms with E-state index in [-0.39, 0.29) is 16.7 Å². The van der Waals surface area contributed by atoms with Gasteiger partial charge in [0.25, 0.3) is 0 Å². The smallest absolute Gasteiger partial charge is 0.352 e. The van der Waals surface area contributed by atoms with Gasteiger partial charge in [-0.2, -0.15) is 0 Å². The average Bonchev–Trinajstić information content (AvgIpc) is 2.79. The summed E-state index contributed by atoms with van der Waals surface area (Å²) < 4.78 is 12.7. The van der Waals surface area contributed by atoms with Gasteiger partial charge >= 0.3 is 5.97 Å². The molecule has 0 radical (unpaired) electrons. The minimum absolute atomic E-state index is 0.0918. The van der Waals surface area contributed by atoms with Crippen molar-refractivity contribution in [3.8, 4) is 0 Å². The van der Waals surface area contributed by atoms with E-state index in [0.29, 0.717) is 15.8 Å². The summed E-state index contributed by atoms with van der Waals surface area (Å²) in [5.41, 5.74) is 2.36. The van der Waals surface area contributed by atoms with Gasteiger partial charge < -0.3 is 15.5 Å². The third-order valence-electron chi connectivity index (χ3n) is 4.16. The van der Waals surface area contributed by atoms with Crippen LogP contribution in [-0.2, 0) is 15.6 Å². The summed E-state index contributed by atoms with van der Waals surface area (Å²) in [6.45, 7) is 1.96. The monoisotopic (exact) mass is 327 g/mol. The summed E-state index contributed by atoms with van der Waals surface area (Å²) in [4.78, 5) is 11.8. The number of rotatable bonds is 1. The maximum Gasteiger partial charge on any atom is 0.352 e. The SMILES string of the molecule is CC1=CC2=c3c(ccc4c3=C(O)C=C(C(=O)O)N4)S(=O)C2C=C1. The topological polar surface area (TPSA) is 86.6 Å². The Balaban J connectivity index is 2.15. The molecule has 5 nitrogen and oxygen atoms in total. The molecule has 2 heterocycles. The van der Waals surface area contributed by atoms with E-state index in [2.05, 4.69) is 5.32 Å². The molecule has 116 valence electrons. The first-order chi connectivity index (χ1) is 11.0. The van der Waals surface area contributed by atoms with Crippen LogP contribution >= 0.6 is 0 Å². The number of carbonyl (C=O) groups is 1. The Bertz CT molecular complexity index is 1010. The quantitative estimate of drug-likeness (QED) is 0.713. The lowest BCUT2D eigenvalue weighted by atomic mass is 9.98. The van der Waals surface area contributed by atoms with Crippen molar-refractivity contribution in [1.29, 1.82) is 0 Å². The lowest BCUT2D eigenvalue weighted by molar-refractivity contribution is -0.132. The zero-order chi connectivity index (χ0) is 16.3. The second kappa shape index (κ2) is 4.70. The number of hydrogen-bond acceptors (Lipinski definition) is 4. The predicted octanol–water partition coefficient (Wildman–Crippen LogP) is 0.903. The Morgan fingerprint density at radius 2 is 2.04 bits per heavy atom. The summed E-state index contributed by atoms with van der Waals surface area (Å²) in [7, 11) is -1.22. The van der Waals surface area contributed by atoms with Crippen molar-refractivity contribution in [3.63, 3.8) is 0 Å². The molecule has 6 heteroatoms. The van der Waals surface area contributed by atoms with Gasteiger partial charge in [0.05, 0.1) is 21.7 Å². The molecule has 23 heavy (non-hydrogen) atoms. The van der Waals surface area contributed by atoms with E-state index in [9.17, 15) is 14.1 Å². The van der Waals surface area contributed by atoms with Crippen molar-refractivity contribution in [2.75, 3.05) is 5.32 Å². The molecule has 0 aromatic heterocycles. The van der Waals surface area contributed by atoms with E-state index < -0.39 is 16.8 Å². The van der Waals surface area contributed by atoms with Crippen LogP contribution in [0.3, 0.4) is 0 Å². The van der Waals surface area contributed by atoms with Gasteiger partial charge in [0.1, 0.15) is 11.5 Å². The molecular formula is C17H13NO4S. The molecule has 0 amide bonds. The number of aliphatic hydroxyl groups excluding tert-OH is 1. The number of benzene rings is 1. The summed E-state index contributed by atoms with van der Waals surface area (Å²) in [6, 6.07) is 3.40. The zero-order valence-electron chi connectivity index (χ0n) is 12.2. The van der Waals surface area contributed by atoms with Crippen molar-refractivity contribution in [2.24, 2.45) is 0 Å². The van der Waals surface area contributed by atoms with Gasteiger partial charge in [-0.15, -0.1) is 0 Å². The second-order valence-corrected chi connectivity index (χ2v) is 7.20. The number of fused-ring (bicyclic) bond motifs is 4. The van der Waals surface area contributed by atoms with Gasteiger partial charge in [-0.3, -0.25) is 4.21 Å². The summed E-state index contributed by atoms with van der Waals surface area (Å²) in [6.07, 6.45) is 7.02. The minimum atomic E-state index is -1.22. The van der Waals surface area contributed by atoms with E-state index in [1.165, 1.54) is 6.08 Å². The van der Waals surface area contributed by atoms with Gasteiger partial charge in [-0.25, -0.2) is 4.79 Å². The van der Waals surface area contributed by atoms with E-state index in [0.717, 1.165) is 16.4 Å². The van der Waals surface area contributed by atoms with Crippen molar-refractivity contribution in [2.45, 2.75) is 17.1 Å². The van der Waals surface area contributed by atoms with Crippen LogP contribution in [0.1, 0.15) is 6.92 Å². The van der Waals surface area contributed by atoms with Crippen LogP contribution in [0.25, 0.3) is 11.3 Å². The van der Waals surface area contributed by atoms with Gasteiger partial charge in [-0.05, 0) is 24.6 Å². The van der Waals surface area contributed by atoms with Crippen LogP contribution in [0.5, 0.6) is 0 Å². The molecule has 0 saturated carbocycles. The Labute approximate surface area is 134 Å². The Kier molecular flexibility index (Phi) is 2.86. The number of aliphatic hydroxyl groups is 1. The van der Waals surface area contributed by atoms with Gasteiger partial charge in [0, 0.05) is 21.4 Å². The normalized spacial score (nSPS) is 24.2. The Morgan fingerprint density at radius 3 is 2.78 bits per heavy atom. The van der Waals surface area contributed by atoms with Crippen molar-refractivity contribution >= 4 is 33.8 Å². The Hall–Kier alpha value is -2.60. The summed E-state index contributed by atoms with van der Waals surface area (Å²) >= 11 is 0. The van der Waals surface area contributed by atoms with Gasteiger partial charge in [0.2, 0.25) is 0 Å². The molecule has 1 aromatic rings. The highest BCUT2D eigenvalue weighted by Gasteiger charge is 2.32. The average molecular weight is 327 g/mol. The Morgan fingerprint density at radius 1 is 1.26 bits per heavy atom. The minimum Gasteiger partial charge on any atom is -0.507 e. The van der Waals surface area contributed by atoms with E-state index in [1.807, 2.05) is 25.2 Å². The number of allylic oxidation sites excluding steroid dienone is 3. The van der Waals surface area contributed by atoms with Gasteiger partial charge in [-0.1, -0.05) is 23.8 Å². The van der Waals surface area contributed by atoms with Crippen LogP contribution < -0.4 is 15.8 Å². The number of carboxylic acids is 1. The largest absolute Gasteiger partial charge is 0.507 e. The highest BCUT2D eigenvalue weighted by molar-refractivity contribution is 7.86. The highest BCUT2D eigenvalue weighted by Crippen LogP contribution is 2.29. The lowest BCUT2D eigenvalue weighted by Gasteiger charge is -2.14. The molecule has 2 atom stereocenters. The third-order valence-corrected chi connectivity index (χ3v) is 5.81. The maximum atomic E-state index is 12.7. The molecule has 2 aliphatic heterocycles. The van der Waals surface area contributed by atoms with Crippen molar-refractivity contribution in [3.05, 3.63) is 58.1 Å². The predicted molar refractivity (Wildman–Crippen MR) is 87.6 cm³/mol. The number of carboxylic acid groups (broad SMARTS) is 1. The first kappa shape index (κ1) is 14.0. The highest BCUT2D eigenvalue weighted by atomic mass is 32.2. The standard InChI is InChI=1S/C17H13NO4S/c1-8-2-4-13-9(6-8)15-14(23(13)22)5-3-10-16(15)12(19)7-11(18-10)17(20)21/h2-7,13,18-19H,1H3,(H,20,21). The van der Waals surface area contributed by atoms with Crippen molar-refractivity contribution in [1.82, 2.24) is 0 Å². The number of anilines is 1. The number of nitrogens with one attached hydrogen (secondary N) is 1. The van der Waals surface area contributed by atoms with Crippen LogP contribution in [0, 0.1) is 0 Å². The molecular weight excluding hydrogens is 314 g/mol. The first-order valence-corrected chi connectivity index (χ1v) is 8.28. The molecule has 1 aromatic carbocycles. The lowest BCUT2D eigenvalue weighted by Crippen LogP contribution is -2.35. The molecule has 1 aliphatic carbocycles. The van der Waals surface area contributed by atoms with E-state index in [1.54, 1.807) is 12.1 Å². The van der Waals surface area contributed by atoms with Gasteiger partial charge in [0.15, 0.2) is 0 Å². The molecule has 3 N–H and O–H groups in total. The molecule has 0 fully saturated rings. The fraction of sp³-hybridized carbons (Fsp3) is 0.118. The fourth-order valence-electron chi connectivity index (χ4n) is 3.17. The van der Waals surface area contributed by atoms with E-state index in [4.69, 9.17) is 5.11 Å². The molecule has 0 spiro atoms. The molecule has 0 bridgehead atoms. The molecule has 2 unspecified atom stereocenters. The van der Waals surface area contributed by atoms with Crippen molar-refractivity contribution < 1.29 is 19.2 Å². The van der Waals surface area contributed by atoms with E-state index >= 15 is 0 Å². The van der Waals surface area contributed by atoms with Crippen LogP contribution in [-0.4, -0.2) is 25.6 Å². The number of hydrogen-bond donors (Lipinski definition) is 3. The third kappa shape index (κ3) is 1.91. The molecule has 0 saturated heterocycles. The number of aliphatic carboxylic acids is 1.